The van der Waals surface area contributed by atoms with Crippen molar-refractivity contribution in [1.29, 1.82) is 0 Å². The molecule has 0 aliphatic carbocycles. The minimum absolute atomic E-state index is 0.0350. The molecule has 0 amide bonds. The highest BCUT2D eigenvalue weighted by Gasteiger charge is 2.15. The van der Waals surface area contributed by atoms with E-state index in [4.69, 9.17) is 9.47 Å². The molecule has 0 fully saturated rings. The summed E-state index contributed by atoms with van der Waals surface area (Å²) in [4.78, 5) is 10.6. The first-order valence-electron chi connectivity index (χ1n) is 6.96. The third-order valence-electron chi connectivity index (χ3n) is 3.14. The van der Waals surface area contributed by atoms with Crippen LogP contribution in [0.2, 0.25) is 0 Å². The van der Waals surface area contributed by atoms with Gasteiger partial charge in [0.2, 0.25) is 0 Å². The molecule has 0 atom stereocenters. The number of nitrogens with zero attached hydrogens (tertiary/aromatic N) is 4. The molecule has 0 radical (unpaired) electrons. The van der Waals surface area contributed by atoms with E-state index in [1.807, 2.05) is 10.6 Å². The summed E-state index contributed by atoms with van der Waals surface area (Å²) in [6.45, 7) is 1.44. The molecule has 0 unspecified atom stereocenters. The van der Waals surface area contributed by atoms with Crippen molar-refractivity contribution in [2.75, 3.05) is 20.8 Å². The molecule has 1 aromatic heterocycles. The van der Waals surface area contributed by atoms with Crippen LogP contribution in [0.1, 0.15) is 12.0 Å². The second-order valence-corrected chi connectivity index (χ2v) is 5.65. The number of aromatic nitrogens is 3. The highest BCUT2D eigenvalue weighted by Crippen LogP contribution is 2.30. The molecule has 1 heterocycles. The van der Waals surface area contributed by atoms with Crippen LogP contribution in [0.15, 0.2) is 29.7 Å². The SMILES string of the molecule is COCCCn1cnnc1SCc1ccc(OC)c([N+](=O)[O-])c1. The van der Waals surface area contributed by atoms with Crippen LogP contribution >= 0.6 is 11.8 Å². The molecule has 0 N–H and O–H groups in total. The number of ether oxygens (including phenoxy) is 2. The largest absolute Gasteiger partial charge is 0.490 e. The van der Waals surface area contributed by atoms with E-state index in [1.165, 1.54) is 24.9 Å². The van der Waals surface area contributed by atoms with Crippen molar-refractivity contribution in [3.8, 4) is 5.75 Å². The Morgan fingerprint density at radius 3 is 2.91 bits per heavy atom. The van der Waals surface area contributed by atoms with Gasteiger partial charge in [0, 0.05) is 32.1 Å². The number of nitro groups is 1. The van der Waals surface area contributed by atoms with Gasteiger partial charge in [-0.25, -0.2) is 0 Å². The highest BCUT2D eigenvalue weighted by atomic mass is 32.2. The lowest BCUT2D eigenvalue weighted by Gasteiger charge is -2.07. The molecule has 124 valence electrons. The van der Waals surface area contributed by atoms with Gasteiger partial charge in [-0.2, -0.15) is 0 Å². The lowest BCUT2D eigenvalue weighted by molar-refractivity contribution is -0.385. The topological polar surface area (TPSA) is 92.3 Å². The van der Waals surface area contributed by atoms with Gasteiger partial charge in [0.25, 0.3) is 0 Å². The summed E-state index contributed by atoms with van der Waals surface area (Å²) < 4.78 is 12.0. The zero-order valence-electron chi connectivity index (χ0n) is 13.0. The Balaban J connectivity index is 2.02. The van der Waals surface area contributed by atoms with Crippen molar-refractivity contribution in [1.82, 2.24) is 14.8 Å². The van der Waals surface area contributed by atoms with Crippen molar-refractivity contribution in [2.24, 2.45) is 0 Å². The van der Waals surface area contributed by atoms with Gasteiger partial charge in [0.1, 0.15) is 6.33 Å². The van der Waals surface area contributed by atoms with Crippen molar-refractivity contribution in [2.45, 2.75) is 23.9 Å². The van der Waals surface area contributed by atoms with Crippen LogP contribution in [0, 0.1) is 10.1 Å². The van der Waals surface area contributed by atoms with E-state index < -0.39 is 4.92 Å². The van der Waals surface area contributed by atoms with Gasteiger partial charge < -0.3 is 14.0 Å². The minimum Gasteiger partial charge on any atom is -0.490 e. The Morgan fingerprint density at radius 2 is 2.22 bits per heavy atom. The maximum atomic E-state index is 11.0. The standard InChI is InChI=1S/C14H18N4O4S/c1-21-7-3-6-17-10-15-16-14(17)23-9-11-4-5-13(22-2)12(8-11)18(19)20/h4-5,8,10H,3,6-7,9H2,1-2H3. The van der Waals surface area contributed by atoms with Gasteiger partial charge >= 0.3 is 5.69 Å². The van der Waals surface area contributed by atoms with E-state index in [9.17, 15) is 10.1 Å². The average Bonchev–Trinajstić information content (AvgIpc) is 3.00. The molecule has 0 bridgehead atoms. The number of nitro benzene ring substituents is 1. The third kappa shape index (κ3) is 4.67. The predicted octanol–water partition coefficient (Wildman–Crippen LogP) is 2.52. The molecule has 2 aromatic rings. The molecular weight excluding hydrogens is 320 g/mol. The molecule has 23 heavy (non-hydrogen) atoms. The second-order valence-electron chi connectivity index (χ2n) is 4.71. The van der Waals surface area contributed by atoms with Crippen LogP contribution in [0.4, 0.5) is 5.69 Å². The molecule has 0 spiro atoms. The average molecular weight is 338 g/mol. The van der Waals surface area contributed by atoms with Crippen molar-refractivity contribution in [3.05, 3.63) is 40.2 Å². The Morgan fingerprint density at radius 1 is 1.39 bits per heavy atom. The Bertz CT molecular complexity index is 662. The summed E-state index contributed by atoms with van der Waals surface area (Å²) in [5.74, 6) is 0.819. The predicted molar refractivity (Wildman–Crippen MR) is 85.7 cm³/mol. The molecule has 0 saturated carbocycles. The zero-order valence-corrected chi connectivity index (χ0v) is 13.8. The maximum Gasteiger partial charge on any atom is 0.311 e. The fraction of sp³-hybridized carbons (Fsp3) is 0.429. The molecule has 2 rings (SSSR count). The summed E-state index contributed by atoms with van der Waals surface area (Å²) in [6, 6.07) is 4.94. The van der Waals surface area contributed by atoms with E-state index in [1.54, 1.807) is 19.5 Å². The second kappa shape index (κ2) is 8.49. The number of aryl methyl sites for hydroxylation is 1. The third-order valence-corrected chi connectivity index (χ3v) is 4.19. The van der Waals surface area contributed by atoms with Crippen LogP contribution in [0.5, 0.6) is 5.75 Å². The molecule has 0 saturated heterocycles. The zero-order chi connectivity index (χ0) is 16.7. The van der Waals surface area contributed by atoms with Gasteiger partial charge in [0.15, 0.2) is 10.9 Å². The Hall–Kier alpha value is -2.13. The van der Waals surface area contributed by atoms with Gasteiger partial charge in [0.05, 0.1) is 12.0 Å². The summed E-state index contributed by atoms with van der Waals surface area (Å²) >= 11 is 1.48. The van der Waals surface area contributed by atoms with Crippen molar-refractivity contribution >= 4 is 17.4 Å². The van der Waals surface area contributed by atoms with Gasteiger partial charge in [-0.3, -0.25) is 10.1 Å². The van der Waals surface area contributed by atoms with Crippen LogP contribution in [0.3, 0.4) is 0 Å². The van der Waals surface area contributed by atoms with Gasteiger partial charge in [-0.15, -0.1) is 10.2 Å². The van der Waals surface area contributed by atoms with Crippen LogP contribution in [-0.2, 0) is 17.0 Å². The van der Waals surface area contributed by atoms with E-state index in [2.05, 4.69) is 10.2 Å². The number of hydrogen-bond donors (Lipinski definition) is 0. The van der Waals surface area contributed by atoms with Crippen molar-refractivity contribution in [3.63, 3.8) is 0 Å². The minimum atomic E-state index is -0.444. The maximum absolute atomic E-state index is 11.0. The number of rotatable bonds is 9. The Labute approximate surface area is 138 Å². The van der Waals surface area contributed by atoms with E-state index in [-0.39, 0.29) is 11.4 Å². The summed E-state index contributed by atoms with van der Waals surface area (Å²) in [5.41, 5.74) is 0.793. The van der Waals surface area contributed by atoms with Crippen LogP contribution in [0.25, 0.3) is 0 Å². The molecule has 1 aromatic carbocycles. The summed E-state index contributed by atoms with van der Waals surface area (Å²) in [7, 11) is 3.08. The van der Waals surface area contributed by atoms with Crippen molar-refractivity contribution < 1.29 is 14.4 Å². The molecule has 8 nitrogen and oxygen atoms in total. The quantitative estimate of drug-likeness (QED) is 0.300. The van der Waals surface area contributed by atoms with Crippen LogP contribution < -0.4 is 4.74 Å². The number of thioether (sulfide) groups is 1. The van der Waals surface area contributed by atoms with E-state index in [0.29, 0.717) is 12.4 Å². The fourth-order valence-corrected chi connectivity index (χ4v) is 2.89. The fourth-order valence-electron chi connectivity index (χ4n) is 2.00. The lowest BCUT2D eigenvalue weighted by atomic mass is 10.2. The molecule has 0 aliphatic rings. The number of benzene rings is 1. The summed E-state index contributed by atoms with van der Waals surface area (Å²) in [6.07, 6.45) is 2.55. The first-order chi connectivity index (χ1) is 11.2. The first kappa shape index (κ1) is 17.2. The number of hydrogen-bond acceptors (Lipinski definition) is 7. The van der Waals surface area contributed by atoms with E-state index >= 15 is 0 Å². The lowest BCUT2D eigenvalue weighted by Crippen LogP contribution is -2.02. The highest BCUT2D eigenvalue weighted by molar-refractivity contribution is 7.98. The monoisotopic (exact) mass is 338 g/mol. The van der Waals surface area contributed by atoms with Gasteiger partial charge in [-0.1, -0.05) is 17.8 Å². The van der Waals surface area contributed by atoms with E-state index in [0.717, 1.165) is 23.7 Å². The van der Waals surface area contributed by atoms with Gasteiger partial charge in [-0.05, 0) is 18.1 Å². The smallest absolute Gasteiger partial charge is 0.311 e. The molecule has 0 aliphatic heterocycles. The summed E-state index contributed by atoms with van der Waals surface area (Å²) in [5, 5.41) is 19.8. The molecule has 9 heteroatoms. The normalized spacial score (nSPS) is 10.7. The van der Waals surface area contributed by atoms with Crippen LogP contribution in [-0.4, -0.2) is 40.5 Å². The molecular formula is C14H18N4O4S. The first-order valence-corrected chi connectivity index (χ1v) is 7.95. The Kier molecular flexibility index (Phi) is 6.36. The number of methoxy groups -OCH3 is 2.